The zero-order valence-electron chi connectivity index (χ0n) is 18.8. The van der Waals surface area contributed by atoms with Crippen molar-refractivity contribution in [3.05, 3.63) is 57.3 Å². The normalized spacial score (nSPS) is 14.6. The molecule has 2 aromatic carbocycles. The lowest BCUT2D eigenvalue weighted by Crippen LogP contribution is -3.11. The van der Waals surface area contributed by atoms with Gasteiger partial charge in [-0.15, -0.1) is 0 Å². The van der Waals surface area contributed by atoms with E-state index in [1.54, 1.807) is 19.3 Å². The molecule has 1 aliphatic heterocycles. The minimum Gasteiger partial charge on any atom is -0.872 e. The van der Waals surface area contributed by atoms with Gasteiger partial charge in [0.2, 0.25) is 5.78 Å². The molecule has 2 aromatic rings. The van der Waals surface area contributed by atoms with Crippen LogP contribution in [0, 0.1) is 11.8 Å². The number of rotatable bonds is 8. The average Bonchev–Trinajstić information content (AvgIpc) is 2.99. The standard InChI is InChI=1S/C25H30BrNO4/c1-15(2)12-27(13-16(3)4)14-20-21(28)8-7-19-24(29)23(31-25(19)20)11-17-10-18(26)6-9-22(17)30-5/h6-11,15-16,28H,12-14H2,1-5H3/b23-11-. The van der Waals surface area contributed by atoms with Crippen molar-refractivity contribution < 1.29 is 24.3 Å². The molecule has 0 amide bonds. The second-order valence-corrected chi connectivity index (χ2v) is 9.78. The zero-order valence-corrected chi connectivity index (χ0v) is 20.3. The Kier molecular flexibility index (Phi) is 7.44. The fourth-order valence-electron chi connectivity index (χ4n) is 4.05. The largest absolute Gasteiger partial charge is 0.872 e. The Morgan fingerprint density at radius 3 is 2.42 bits per heavy atom. The van der Waals surface area contributed by atoms with E-state index in [1.165, 1.54) is 11.0 Å². The van der Waals surface area contributed by atoms with Gasteiger partial charge in [-0.3, -0.25) is 4.79 Å². The summed E-state index contributed by atoms with van der Waals surface area (Å²) in [7, 11) is 1.58. The van der Waals surface area contributed by atoms with Crippen LogP contribution in [0.3, 0.4) is 0 Å². The van der Waals surface area contributed by atoms with Gasteiger partial charge < -0.3 is 19.5 Å². The number of quaternary nitrogens is 1. The zero-order chi connectivity index (χ0) is 22.7. The highest BCUT2D eigenvalue weighted by molar-refractivity contribution is 9.10. The Morgan fingerprint density at radius 1 is 1.13 bits per heavy atom. The maximum atomic E-state index is 13.0. The third-order valence-electron chi connectivity index (χ3n) is 5.20. The van der Waals surface area contributed by atoms with Crippen LogP contribution in [0.5, 0.6) is 17.2 Å². The van der Waals surface area contributed by atoms with E-state index in [2.05, 4.69) is 43.6 Å². The minimum atomic E-state index is -0.215. The van der Waals surface area contributed by atoms with Crippen molar-refractivity contribution in [1.82, 2.24) is 0 Å². The maximum absolute atomic E-state index is 13.0. The summed E-state index contributed by atoms with van der Waals surface area (Å²) < 4.78 is 12.3. The van der Waals surface area contributed by atoms with E-state index >= 15 is 0 Å². The van der Waals surface area contributed by atoms with Crippen LogP contribution < -0.4 is 19.5 Å². The molecule has 1 N–H and O–H groups in total. The van der Waals surface area contributed by atoms with E-state index in [9.17, 15) is 9.90 Å². The fraction of sp³-hybridized carbons (Fsp3) is 0.400. The minimum absolute atomic E-state index is 0.0853. The lowest BCUT2D eigenvalue weighted by Gasteiger charge is -2.26. The average molecular weight is 488 g/mol. The molecule has 5 nitrogen and oxygen atoms in total. The van der Waals surface area contributed by atoms with Crippen LogP contribution in [0.4, 0.5) is 0 Å². The Bertz CT molecular complexity index is 987. The van der Waals surface area contributed by atoms with E-state index in [1.807, 2.05) is 18.2 Å². The summed E-state index contributed by atoms with van der Waals surface area (Å²) in [5.74, 6) is 1.95. The van der Waals surface area contributed by atoms with Crippen molar-refractivity contribution in [3.63, 3.8) is 0 Å². The third-order valence-corrected chi connectivity index (χ3v) is 5.69. The van der Waals surface area contributed by atoms with Crippen LogP contribution in [-0.4, -0.2) is 26.0 Å². The van der Waals surface area contributed by atoms with E-state index < -0.39 is 0 Å². The van der Waals surface area contributed by atoms with E-state index in [0.717, 1.165) is 23.1 Å². The van der Waals surface area contributed by atoms with Gasteiger partial charge >= 0.3 is 0 Å². The summed E-state index contributed by atoms with van der Waals surface area (Å²) in [6.07, 6.45) is 1.67. The van der Waals surface area contributed by atoms with Crippen molar-refractivity contribution in [2.45, 2.75) is 34.2 Å². The Labute approximate surface area is 192 Å². The molecule has 3 rings (SSSR count). The number of ether oxygens (including phenoxy) is 2. The van der Waals surface area contributed by atoms with Crippen molar-refractivity contribution in [1.29, 1.82) is 0 Å². The smallest absolute Gasteiger partial charge is 0.231 e. The Hall–Kier alpha value is -2.31. The molecule has 0 saturated heterocycles. The van der Waals surface area contributed by atoms with E-state index in [4.69, 9.17) is 9.47 Å². The highest BCUT2D eigenvalue weighted by Gasteiger charge is 2.31. The number of carbonyl (C=O) groups excluding carboxylic acids is 1. The number of ketones is 1. The highest BCUT2D eigenvalue weighted by atomic mass is 79.9. The van der Waals surface area contributed by atoms with Crippen molar-refractivity contribution in [2.75, 3.05) is 20.2 Å². The molecule has 6 heteroatoms. The molecular weight excluding hydrogens is 458 g/mol. The molecule has 0 spiro atoms. The number of carbonyl (C=O) groups is 1. The van der Waals surface area contributed by atoms with Crippen LogP contribution in [-0.2, 0) is 6.54 Å². The molecule has 0 fully saturated rings. The van der Waals surface area contributed by atoms with Crippen molar-refractivity contribution >= 4 is 27.8 Å². The SMILES string of the molecule is COc1ccc(Br)cc1/C=C1\Oc2c(ccc([O-])c2C[NH+](CC(C)C)CC(C)C)C1=O. The number of hydrogen-bond acceptors (Lipinski definition) is 4. The number of methoxy groups -OCH3 is 1. The molecule has 31 heavy (non-hydrogen) atoms. The van der Waals surface area contributed by atoms with Crippen LogP contribution in [0.15, 0.2) is 40.6 Å². The summed E-state index contributed by atoms with van der Waals surface area (Å²) >= 11 is 3.45. The summed E-state index contributed by atoms with van der Waals surface area (Å²) in [6, 6.07) is 8.62. The molecule has 0 aliphatic carbocycles. The Morgan fingerprint density at radius 2 is 1.81 bits per heavy atom. The molecule has 0 radical (unpaired) electrons. The van der Waals surface area contributed by atoms with Gasteiger partial charge in [0, 0.05) is 27.4 Å². The summed E-state index contributed by atoms with van der Waals surface area (Å²) in [5, 5.41) is 12.8. The van der Waals surface area contributed by atoms with Crippen LogP contribution in [0.1, 0.15) is 49.2 Å². The first-order valence-electron chi connectivity index (χ1n) is 10.6. The number of halogens is 1. The molecule has 1 aliphatic rings. The van der Waals surface area contributed by atoms with Gasteiger partial charge in [-0.05, 0) is 30.3 Å². The van der Waals surface area contributed by atoms with Gasteiger partial charge in [-0.25, -0.2) is 0 Å². The monoisotopic (exact) mass is 487 g/mol. The first-order valence-corrected chi connectivity index (χ1v) is 11.4. The van der Waals surface area contributed by atoms with Crippen LogP contribution >= 0.6 is 15.9 Å². The molecule has 0 aromatic heterocycles. The van der Waals surface area contributed by atoms with E-state index in [0.29, 0.717) is 41.0 Å². The van der Waals surface area contributed by atoms with E-state index in [-0.39, 0.29) is 17.3 Å². The maximum Gasteiger partial charge on any atom is 0.231 e. The summed E-state index contributed by atoms with van der Waals surface area (Å²) in [5.41, 5.74) is 1.75. The van der Waals surface area contributed by atoms with Gasteiger partial charge in [0.15, 0.2) is 5.76 Å². The van der Waals surface area contributed by atoms with Crippen molar-refractivity contribution in [2.24, 2.45) is 11.8 Å². The first kappa shape index (κ1) is 23.4. The summed E-state index contributed by atoms with van der Waals surface area (Å²) in [4.78, 5) is 14.4. The Balaban J connectivity index is 1.97. The lowest BCUT2D eigenvalue weighted by atomic mass is 10.0. The molecular formula is C25H30BrNO4. The van der Waals surface area contributed by atoms with Gasteiger partial charge in [0.25, 0.3) is 0 Å². The second-order valence-electron chi connectivity index (χ2n) is 8.87. The van der Waals surface area contributed by atoms with Crippen LogP contribution in [0.2, 0.25) is 0 Å². The highest BCUT2D eigenvalue weighted by Crippen LogP contribution is 2.39. The molecule has 0 unspecified atom stereocenters. The topological polar surface area (TPSA) is 63.0 Å². The van der Waals surface area contributed by atoms with Gasteiger partial charge in [0.05, 0.1) is 25.8 Å². The van der Waals surface area contributed by atoms with Gasteiger partial charge in [0.1, 0.15) is 18.0 Å². The predicted molar refractivity (Wildman–Crippen MR) is 124 cm³/mol. The van der Waals surface area contributed by atoms with Crippen molar-refractivity contribution in [3.8, 4) is 17.2 Å². The number of Topliss-reactive ketones (excluding diaryl/α,β-unsaturated/α-hetero) is 1. The molecule has 0 bridgehead atoms. The van der Waals surface area contributed by atoms with Gasteiger partial charge in [-0.2, -0.15) is 0 Å². The molecule has 0 saturated carbocycles. The first-order chi connectivity index (χ1) is 14.7. The van der Waals surface area contributed by atoms with Crippen LogP contribution in [0.25, 0.3) is 6.08 Å². The molecule has 166 valence electrons. The fourth-order valence-corrected chi connectivity index (χ4v) is 4.43. The number of nitrogens with one attached hydrogen (secondary N) is 1. The lowest BCUT2D eigenvalue weighted by molar-refractivity contribution is -0.919. The number of hydrogen-bond donors (Lipinski definition) is 1. The van der Waals surface area contributed by atoms with Gasteiger partial charge in [-0.1, -0.05) is 55.4 Å². The molecule has 0 atom stereocenters. The third kappa shape index (κ3) is 5.49. The number of allylic oxidation sites excluding steroid dienone is 1. The second kappa shape index (κ2) is 9.88. The molecule has 1 heterocycles. The summed E-state index contributed by atoms with van der Waals surface area (Å²) in [6.45, 7) is 11.2. The predicted octanol–water partition coefficient (Wildman–Crippen LogP) is 3.84. The quantitative estimate of drug-likeness (QED) is 0.574. The number of benzene rings is 2. The number of fused-ring (bicyclic) bond motifs is 1.